The summed E-state index contributed by atoms with van der Waals surface area (Å²) in [5.41, 5.74) is 10.0. The van der Waals surface area contributed by atoms with Gasteiger partial charge in [0.15, 0.2) is 12.2 Å². The number of nitrogen functional groups attached to an aromatic ring is 1. The molecule has 2 heterocycles. The number of aromatic nitrogens is 3. The average molecular weight is 340 g/mol. The number of hydrogen-bond acceptors (Lipinski definition) is 5. The lowest BCUT2D eigenvalue weighted by Gasteiger charge is -2.01. The molecule has 0 aromatic carbocycles. The second kappa shape index (κ2) is 8.36. The first-order valence-corrected chi connectivity index (χ1v) is 6.65. The van der Waals surface area contributed by atoms with E-state index in [1.165, 1.54) is 4.88 Å². The lowest BCUT2D eigenvalue weighted by Crippen LogP contribution is -3.00. The van der Waals surface area contributed by atoms with Gasteiger partial charge in [0.05, 0.1) is 10.4 Å². The zero-order valence-electron chi connectivity index (χ0n) is 11.3. The Morgan fingerprint density at radius 2 is 2.10 bits per heavy atom. The molecule has 0 aliphatic heterocycles. The van der Waals surface area contributed by atoms with Crippen LogP contribution in [0.15, 0.2) is 11.7 Å². The summed E-state index contributed by atoms with van der Waals surface area (Å²) in [6.07, 6.45) is 2.47. The molecular weight excluding hydrogens is 322 g/mol. The van der Waals surface area contributed by atoms with Gasteiger partial charge in [-0.1, -0.05) is 11.3 Å². The first-order chi connectivity index (χ1) is 8.61. The summed E-state index contributed by atoms with van der Waals surface area (Å²) >= 11 is 1.65. The van der Waals surface area contributed by atoms with Crippen LogP contribution in [0.5, 0.6) is 0 Å². The molecule has 0 unspecified atom stereocenters. The van der Waals surface area contributed by atoms with Crippen molar-refractivity contribution < 1.29 is 22.1 Å². The van der Waals surface area contributed by atoms with Crippen molar-refractivity contribution in [1.82, 2.24) is 9.97 Å². The van der Waals surface area contributed by atoms with Crippen molar-refractivity contribution in [3.63, 3.8) is 0 Å². The predicted octanol–water partition coefficient (Wildman–Crippen LogP) is -1.97. The van der Waals surface area contributed by atoms with E-state index in [9.17, 15) is 0 Å². The Morgan fingerprint density at radius 3 is 2.70 bits per heavy atom. The average Bonchev–Trinajstić information content (AvgIpc) is 2.66. The maximum Gasteiger partial charge on any atom is 0.225 e. The standard InChI is InChI=1S/C12H17N4OS.2ClH/c1-8-11(3-4-17)18-7-16(8)6-10-5-14-9(2)15-12(10)13;;/h5,7,17H,3-4,6H2,1-2H3,(H2,13,14,15);2*1H/q+1;;/p-1/i1+1,8+1,11+1;;. The van der Waals surface area contributed by atoms with Crippen molar-refractivity contribution in [2.75, 3.05) is 12.3 Å². The topological polar surface area (TPSA) is 75.9 Å². The molecule has 0 saturated carbocycles. The molecule has 2 rings (SSSR count). The lowest BCUT2D eigenvalue weighted by atomic mass is 10.3. The quantitative estimate of drug-likeness (QED) is 0.500. The Kier molecular flexibility index (Phi) is 7.96. The number of aryl methyl sites for hydroxylation is 1. The Morgan fingerprint density at radius 1 is 1.40 bits per heavy atom. The highest BCUT2D eigenvalue weighted by atomic mass is 35.5. The van der Waals surface area contributed by atoms with E-state index in [0.717, 1.165) is 11.3 Å². The van der Waals surface area contributed by atoms with Crippen molar-refractivity contribution in [3.05, 3.63) is 33.7 Å². The Hall–Kier alpha value is -0.950. The first kappa shape index (κ1) is 19.1. The van der Waals surface area contributed by atoms with E-state index in [0.29, 0.717) is 24.6 Å². The molecule has 20 heavy (non-hydrogen) atoms. The third-order valence-electron chi connectivity index (χ3n) is 2.85. The first-order valence-electron chi connectivity index (χ1n) is 5.77. The van der Waals surface area contributed by atoms with E-state index in [1.54, 1.807) is 17.5 Å². The Bertz CT molecular complexity index is 562. The van der Waals surface area contributed by atoms with Crippen LogP contribution in [0.4, 0.5) is 5.82 Å². The molecule has 0 spiro atoms. The molecule has 112 valence electrons. The number of aliphatic hydroxyl groups is 1. The maximum absolute atomic E-state index is 8.98. The molecule has 2 aromatic rings. The van der Waals surface area contributed by atoms with Gasteiger partial charge in [0.2, 0.25) is 5.51 Å². The second-order valence-electron chi connectivity index (χ2n) is 4.16. The number of nitrogens with zero attached hydrogens (tertiary/aromatic N) is 3. The van der Waals surface area contributed by atoms with Gasteiger partial charge in [-0.05, 0) is 6.92 Å². The summed E-state index contributed by atoms with van der Waals surface area (Å²) in [5.74, 6) is 1.22. The summed E-state index contributed by atoms with van der Waals surface area (Å²) in [5, 5.41) is 8.98. The minimum absolute atomic E-state index is 0. The Labute approximate surface area is 134 Å². The van der Waals surface area contributed by atoms with E-state index < -0.39 is 0 Å². The van der Waals surface area contributed by atoms with E-state index in [-0.39, 0.29) is 31.4 Å². The lowest BCUT2D eigenvalue weighted by molar-refractivity contribution is -0.689. The monoisotopic (exact) mass is 339 g/mol. The smallest absolute Gasteiger partial charge is 0.225 e. The van der Waals surface area contributed by atoms with Crippen molar-refractivity contribution in [2.45, 2.75) is 26.8 Å². The minimum Gasteiger partial charge on any atom is -1.00 e. The van der Waals surface area contributed by atoms with E-state index in [2.05, 4.69) is 14.5 Å². The highest BCUT2D eigenvalue weighted by Gasteiger charge is 2.16. The van der Waals surface area contributed by atoms with Crippen LogP contribution in [0.25, 0.3) is 0 Å². The third kappa shape index (κ3) is 4.28. The predicted molar refractivity (Wildman–Crippen MR) is 77.6 cm³/mol. The number of rotatable bonds is 4. The fourth-order valence-electron chi connectivity index (χ4n) is 1.77. The van der Waals surface area contributed by atoms with Gasteiger partial charge in [0.25, 0.3) is 0 Å². The van der Waals surface area contributed by atoms with Gasteiger partial charge in [-0.3, -0.25) is 0 Å². The van der Waals surface area contributed by atoms with Gasteiger partial charge in [-0.25, -0.2) is 9.97 Å². The molecule has 0 aliphatic carbocycles. The van der Waals surface area contributed by atoms with E-state index in [4.69, 9.17) is 10.8 Å². The largest absolute Gasteiger partial charge is 1.00 e. The van der Waals surface area contributed by atoms with Gasteiger partial charge >= 0.3 is 0 Å². The number of halogens is 2. The highest BCUT2D eigenvalue weighted by molar-refractivity contribution is 7.09. The van der Waals surface area contributed by atoms with E-state index in [1.807, 2.05) is 19.4 Å². The summed E-state index contributed by atoms with van der Waals surface area (Å²) in [6.45, 7) is 4.71. The van der Waals surface area contributed by atoms with Gasteiger partial charge in [0, 0.05) is 26.1 Å². The SMILES string of the molecule is Cc1ncc(C[n+]2cs[13c](CCO)[13c]2[13CH3])c(N)n1.Cl.[Cl-]. The summed E-state index contributed by atoms with van der Waals surface area (Å²) in [4.78, 5) is 9.53. The van der Waals surface area contributed by atoms with Crippen molar-refractivity contribution in [3.8, 4) is 0 Å². The molecule has 8 heteroatoms. The molecule has 2 aromatic heterocycles. The van der Waals surface area contributed by atoms with Crippen molar-refractivity contribution in [1.29, 1.82) is 0 Å². The maximum atomic E-state index is 8.98. The van der Waals surface area contributed by atoms with Crippen molar-refractivity contribution in [2.24, 2.45) is 0 Å². The molecule has 5 nitrogen and oxygen atoms in total. The van der Waals surface area contributed by atoms with Crippen molar-refractivity contribution >= 4 is 29.6 Å². The van der Waals surface area contributed by atoms with Gasteiger partial charge in [-0.15, -0.1) is 12.4 Å². The number of nitrogens with two attached hydrogens (primary N) is 1. The van der Waals surface area contributed by atoms with Gasteiger partial charge in [-0.2, -0.15) is 4.57 Å². The minimum atomic E-state index is 0. The zero-order valence-corrected chi connectivity index (χ0v) is 13.7. The Balaban J connectivity index is 0.00000180. The summed E-state index contributed by atoms with van der Waals surface area (Å²) < 4.78 is 2.11. The van der Waals surface area contributed by atoms with E-state index >= 15 is 0 Å². The number of hydrogen-bond donors (Lipinski definition) is 2. The molecule has 0 radical (unpaired) electrons. The van der Waals surface area contributed by atoms with Gasteiger partial charge < -0.3 is 23.2 Å². The zero-order chi connectivity index (χ0) is 13.1. The van der Waals surface area contributed by atoms with Crippen LogP contribution in [0.1, 0.15) is 22.0 Å². The van der Waals surface area contributed by atoms with Crippen LogP contribution in [-0.4, -0.2) is 21.7 Å². The summed E-state index contributed by atoms with van der Waals surface area (Å²) in [6, 6.07) is 0. The molecule has 0 saturated heterocycles. The fraction of sp³-hybridized carbons (Fsp3) is 0.417. The molecule has 0 aliphatic rings. The third-order valence-corrected chi connectivity index (χ3v) is 4.00. The van der Waals surface area contributed by atoms with Crippen LogP contribution in [-0.2, 0) is 13.0 Å². The van der Waals surface area contributed by atoms with Crippen LogP contribution in [0, 0.1) is 13.8 Å². The molecular formula is C12H18Cl2N4OS. The van der Waals surface area contributed by atoms with Crippen LogP contribution in [0.2, 0.25) is 0 Å². The number of thiazole rings is 1. The highest BCUT2D eigenvalue weighted by Crippen LogP contribution is 2.13. The normalized spacial score (nSPS) is 9.75. The van der Waals surface area contributed by atoms with Gasteiger partial charge in [0.1, 0.15) is 11.6 Å². The molecule has 0 bridgehead atoms. The van der Waals surface area contributed by atoms with Crippen LogP contribution < -0.4 is 22.7 Å². The number of anilines is 1. The van der Waals surface area contributed by atoms with Crippen LogP contribution in [0.3, 0.4) is 0 Å². The molecule has 0 fully saturated rings. The second-order valence-corrected chi connectivity index (χ2v) is 5.10. The fourth-order valence-corrected chi connectivity index (χ4v) is 2.75. The summed E-state index contributed by atoms with van der Waals surface area (Å²) in [7, 11) is 0. The molecule has 0 atom stereocenters. The molecule has 3 N–H and O–H groups in total. The number of aliphatic hydroxyl groups excluding tert-OH is 1. The van der Waals surface area contributed by atoms with Crippen LogP contribution >= 0.6 is 23.7 Å². The molecule has 0 amide bonds.